The molecule has 0 amide bonds. The summed E-state index contributed by atoms with van der Waals surface area (Å²) in [7, 11) is 0. The van der Waals surface area contributed by atoms with Gasteiger partial charge >= 0.3 is 0 Å². The van der Waals surface area contributed by atoms with Gasteiger partial charge in [-0.1, -0.05) is 18.3 Å². The number of hydrogen-bond donors (Lipinski definition) is 1. The fourth-order valence-electron chi connectivity index (χ4n) is 1.58. The lowest BCUT2D eigenvalue weighted by Gasteiger charge is -2.00. The first-order valence-electron chi connectivity index (χ1n) is 4.37. The third-order valence-corrected chi connectivity index (χ3v) is 2.58. The van der Waals surface area contributed by atoms with Crippen LogP contribution in [0.4, 0.5) is 8.78 Å². The van der Waals surface area contributed by atoms with Crippen LogP contribution in [0, 0.1) is 11.6 Å². The second-order valence-corrected chi connectivity index (χ2v) is 3.64. The first kappa shape index (κ1) is 9.52. The van der Waals surface area contributed by atoms with Crippen LogP contribution < -0.4 is 5.32 Å². The van der Waals surface area contributed by atoms with Gasteiger partial charge in [-0.15, -0.1) is 0 Å². The number of thiocarbonyl (C=S) groups is 1. The van der Waals surface area contributed by atoms with E-state index in [1.54, 1.807) is 6.07 Å². The lowest BCUT2D eigenvalue weighted by atomic mass is 10.1. The highest BCUT2D eigenvalue weighted by Gasteiger charge is 2.37. The number of halogens is 2. The van der Waals surface area contributed by atoms with Crippen LogP contribution in [0.5, 0.6) is 0 Å². The SMILES string of the molecule is Fc1ccc(C2CC2NC=S)cc1F. The maximum absolute atomic E-state index is 12.9. The predicted molar refractivity (Wildman–Crippen MR) is 54.3 cm³/mol. The molecule has 1 fully saturated rings. The minimum atomic E-state index is -0.797. The van der Waals surface area contributed by atoms with Gasteiger partial charge in [-0.05, 0) is 24.1 Å². The zero-order valence-electron chi connectivity index (χ0n) is 7.34. The van der Waals surface area contributed by atoms with Crippen molar-refractivity contribution in [2.45, 2.75) is 18.4 Å². The summed E-state index contributed by atoms with van der Waals surface area (Å²) < 4.78 is 25.5. The van der Waals surface area contributed by atoms with Crippen LogP contribution >= 0.6 is 12.2 Å². The molecule has 1 saturated carbocycles. The van der Waals surface area contributed by atoms with Crippen LogP contribution in [0.2, 0.25) is 0 Å². The quantitative estimate of drug-likeness (QED) is 0.774. The third kappa shape index (κ3) is 1.75. The summed E-state index contributed by atoms with van der Waals surface area (Å²) in [6, 6.07) is 4.33. The molecule has 4 heteroatoms. The molecular formula is C10H9F2NS. The van der Waals surface area contributed by atoms with Crippen LogP contribution in [0.15, 0.2) is 18.2 Å². The molecule has 0 heterocycles. The standard InChI is InChI=1S/C10H9F2NS/c11-8-2-1-6(3-9(8)12)7-4-10(7)13-5-14/h1-3,5,7,10H,4H2,(H,13,14). The van der Waals surface area contributed by atoms with Crippen molar-refractivity contribution in [3.05, 3.63) is 35.4 Å². The topological polar surface area (TPSA) is 12.0 Å². The van der Waals surface area contributed by atoms with Crippen LogP contribution in [-0.4, -0.2) is 11.5 Å². The van der Waals surface area contributed by atoms with Gasteiger partial charge in [0.25, 0.3) is 0 Å². The van der Waals surface area contributed by atoms with Gasteiger partial charge in [0.2, 0.25) is 0 Å². The summed E-state index contributed by atoms with van der Waals surface area (Å²) in [5, 5.41) is 2.98. The molecule has 0 saturated heterocycles. The van der Waals surface area contributed by atoms with Crippen molar-refractivity contribution in [3.63, 3.8) is 0 Å². The molecule has 1 nitrogen and oxygen atoms in total. The Morgan fingerprint density at radius 1 is 1.36 bits per heavy atom. The average Bonchev–Trinajstić information content (AvgIpc) is 2.90. The molecule has 0 spiro atoms. The Labute approximate surface area is 86.1 Å². The predicted octanol–water partition coefficient (Wildman–Crippen LogP) is 2.37. The zero-order chi connectivity index (χ0) is 10.1. The van der Waals surface area contributed by atoms with Crippen molar-refractivity contribution in [2.24, 2.45) is 0 Å². The molecule has 1 N–H and O–H groups in total. The third-order valence-electron chi connectivity index (χ3n) is 2.44. The minimum Gasteiger partial charge on any atom is -0.379 e. The molecular weight excluding hydrogens is 204 g/mol. The molecule has 2 atom stereocenters. The largest absolute Gasteiger partial charge is 0.379 e. The number of benzene rings is 1. The van der Waals surface area contributed by atoms with Crippen molar-refractivity contribution in [1.29, 1.82) is 0 Å². The van der Waals surface area contributed by atoms with Gasteiger partial charge in [0.1, 0.15) is 0 Å². The van der Waals surface area contributed by atoms with Crippen LogP contribution in [0.1, 0.15) is 17.9 Å². The second-order valence-electron chi connectivity index (χ2n) is 3.41. The maximum Gasteiger partial charge on any atom is 0.159 e. The van der Waals surface area contributed by atoms with Crippen molar-refractivity contribution < 1.29 is 8.78 Å². The fourth-order valence-corrected chi connectivity index (χ4v) is 1.75. The van der Waals surface area contributed by atoms with Gasteiger partial charge < -0.3 is 5.32 Å². The van der Waals surface area contributed by atoms with Gasteiger partial charge in [0.15, 0.2) is 11.6 Å². The number of rotatable bonds is 3. The Bertz CT molecular complexity index is 367. The molecule has 2 unspecified atom stereocenters. The minimum absolute atomic E-state index is 0.268. The van der Waals surface area contributed by atoms with Crippen LogP contribution in [-0.2, 0) is 0 Å². The smallest absolute Gasteiger partial charge is 0.159 e. The summed E-state index contributed by atoms with van der Waals surface area (Å²) in [5.41, 5.74) is 2.29. The van der Waals surface area contributed by atoms with Crippen molar-refractivity contribution in [3.8, 4) is 0 Å². The normalized spacial score (nSPS) is 24.4. The lowest BCUT2D eigenvalue weighted by Crippen LogP contribution is -2.13. The van der Waals surface area contributed by atoms with Crippen molar-refractivity contribution in [2.75, 3.05) is 0 Å². The van der Waals surface area contributed by atoms with E-state index in [1.807, 2.05) is 0 Å². The summed E-state index contributed by atoms with van der Waals surface area (Å²) >= 11 is 4.65. The molecule has 0 aliphatic heterocycles. The molecule has 1 aromatic rings. The van der Waals surface area contributed by atoms with Crippen molar-refractivity contribution >= 4 is 17.7 Å². The van der Waals surface area contributed by atoms with Crippen LogP contribution in [0.3, 0.4) is 0 Å². The molecule has 2 rings (SSSR count). The summed E-state index contributed by atoms with van der Waals surface area (Å²) in [6.45, 7) is 0. The maximum atomic E-state index is 12.9. The van der Waals surface area contributed by atoms with E-state index in [4.69, 9.17) is 0 Å². The number of nitrogens with one attached hydrogen (secondary N) is 1. The molecule has 74 valence electrons. The van der Waals surface area contributed by atoms with E-state index in [-0.39, 0.29) is 12.0 Å². The lowest BCUT2D eigenvalue weighted by molar-refractivity contribution is 0.507. The van der Waals surface area contributed by atoms with E-state index in [2.05, 4.69) is 17.5 Å². The molecule has 0 bridgehead atoms. The molecule has 0 aromatic heterocycles. The molecule has 1 aliphatic rings. The summed E-state index contributed by atoms with van der Waals surface area (Å²) in [5.74, 6) is -1.31. The fraction of sp³-hybridized carbons (Fsp3) is 0.300. The Balaban J connectivity index is 2.12. The second kappa shape index (κ2) is 3.61. The zero-order valence-corrected chi connectivity index (χ0v) is 8.15. The molecule has 1 aliphatic carbocycles. The van der Waals surface area contributed by atoms with E-state index in [0.29, 0.717) is 0 Å². The summed E-state index contributed by atoms with van der Waals surface area (Å²) in [6.07, 6.45) is 0.929. The molecule has 1 aromatic carbocycles. The van der Waals surface area contributed by atoms with E-state index in [1.165, 1.54) is 11.6 Å². The van der Waals surface area contributed by atoms with Gasteiger partial charge in [0.05, 0.1) is 5.49 Å². The Morgan fingerprint density at radius 2 is 2.14 bits per heavy atom. The number of hydrogen-bond acceptors (Lipinski definition) is 1. The molecule has 14 heavy (non-hydrogen) atoms. The van der Waals surface area contributed by atoms with Crippen LogP contribution in [0.25, 0.3) is 0 Å². The first-order valence-corrected chi connectivity index (χ1v) is 4.84. The highest BCUT2D eigenvalue weighted by atomic mass is 32.1. The first-order chi connectivity index (χ1) is 6.72. The van der Waals surface area contributed by atoms with Gasteiger partial charge in [-0.2, -0.15) is 0 Å². The van der Waals surface area contributed by atoms with Crippen molar-refractivity contribution in [1.82, 2.24) is 5.32 Å². The monoisotopic (exact) mass is 213 g/mol. The van der Waals surface area contributed by atoms with Gasteiger partial charge in [-0.3, -0.25) is 0 Å². The van der Waals surface area contributed by atoms with E-state index < -0.39 is 11.6 Å². The van der Waals surface area contributed by atoms with E-state index in [0.717, 1.165) is 18.1 Å². The Morgan fingerprint density at radius 3 is 2.79 bits per heavy atom. The van der Waals surface area contributed by atoms with Gasteiger partial charge in [0, 0.05) is 12.0 Å². The van der Waals surface area contributed by atoms with Gasteiger partial charge in [-0.25, -0.2) is 8.78 Å². The average molecular weight is 213 g/mol. The molecule has 0 radical (unpaired) electrons. The Hall–Kier alpha value is -1.03. The summed E-state index contributed by atoms with van der Waals surface area (Å²) in [4.78, 5) is 0. The Kier molecular flexibility index (Phi) is 2.46. The highest BCUT2D eigenvalue weighted by molar-refractivity contribution is 7.78. The van der Waals surface area contributed by atoms with E-state index in [9.17, 15) is 8.78 Å². The highest BCUT2D eigenvalue weighted by Crippen LogP contribution is 2.40. The van der Waals surface area contributed by atoms with E-state index >= 15 is 0 Å².